The van der Waals surface area contributed by atoms with Gasteiger partial charge in [0.2, 0.25) is 0 Å². The number of esters is 1. The van der Waals surface area contributed by atoms with Gasteiger partial charge in [0.15, 0.2) is 5.69 Å². The first kappa shape index (κ1) is 24.0. The second kappa shape index (κ2) is 10.8. The lowest BCUT2D eigenvalue weighted by atomic mass is 10.1. The van der Waals surface area contributed by atoms with Gasteiger partial charge in [-0.1, -0.05) is 61.5 Å². The van der Waals surface area contributed by atoms with E-state index in [0.717, 1.165) is 28.9 Å². The van der Waals surface area contributed by atoms with E-state index in [2.05, 4.69) is 24.2 Å². The van der Waals surface area contributed by atoms with Gasteiger partial charge in [-0.15, -0.1) is 0 Å². The lowest BCUT2D eigenvalue weighted by Crippen LogP contribution is -2.26. The Labute approximate surface area is 205 Å². The lowest BCUT2D eigenvalue weighted by Gasteiger charge is -2.17. The topological polar surface area (TPSA) is 64.4 Å². The number of benzene rings is 3. The molecule has 178 valence electrons. The summed E-state index contributed by atoms with van der Waals surface area (Å²) in [4.78, 5) is 27.0. The molecule has 0 radical (unpaired) electrons. The van der Waals surface area contributed by atoms with Crippen LogP contribution in [0.4, 0.5) is 0 Å². The van der Waals surface area contributed by atoms with Crippen molar-refractivity contribution >= 4 is 11.9 Å². The highest BCUT2D eigenvalue weighted by Crippen LogP contribution is 2.25. The van der Waals surface area contributed by atoms with Crippen molar-refractivity contribution in [1.29, 1.82) is 0 Å². The molecule has 4 aromatic rings. The molecule has 0 spiro atoms. The van der Waals surface area contributed by atoms with Gasteiger partial charge in [0.25, 0.3) is 5.91 Å². The first-order chi connectivity index (χ1) is 17.0. The summed E-state index contributed by atoms with van der Waals surface area (Å²) in [6, 6.07) is 27.1. The maximum Gasteiger partial charge on any atom is 0.358 e. The monoisotopic (exact) mass is 467 g/mol. The van der Waals surface area contributed by atoms with Crippen molar-refractivity contribution in [2.45, 2.75) is 26.8 Å². The molecular weight excluding hydrogens is 438 g/mol. The minimum Gasteiger partial charge on any atom is -0.461 e. The number of amides is 1. The van der Waals surface area contributed by atoms with Crippen molar-refractivity contribution in [2.75, 3.05) is 13.7 Å². The molecule has 1 aromatic heterocycles. The summed E-state index contributed by atoms with van der Waals surface area (Å²) in [5, 5.41) is 4.53. The van der Waals surface area contributed by atoms with Crippen LogP contribution in [0.5, 0.6) is 0 Å². The summed E-state index contributed by atoms with van der Waals surface area (Å²) in [6.07, 6.45) is 0.946. The molecule has 4 rings (SSSR count). The summed E-state index contributed by atoms with van der Waals surface area (Å²) in [5.74, 6) is -0.532. The van der Waals surface area contributed by atoms with Crippen molar-refractivity contribution in [3.8, 4) is 16.9 Å². The highest BCUT2D eigenvalue weighted by molar-refractivity contribution is 5.94. The Balaban J connectivity index is 1.63. The van der Waals surface area contributed by atoms with E-state index in [4.69, 9.17) is 4.74 Å². The fourth-order valence-electron chi connectivity index (χ4n) is 3.89. The molecule has 0 unspecified atom stereocenters. The lowest BCUT2D eigenvalue weighted by molar-refractivity contribution is 0.0518. The minimum atomic E-state index is -0.466. The van der Waals surface area contributed by atoms with Crippen molar-refractivity contribution < 1.29 is 14.3 Å². The predicted molar refractivity (Wildman–Crippen MR) is 137 cm³/mol. The van der Waals surface area contributed by atoms with Gasteiger partial charge in [-0.05, 0) is 54.8 Å². The number of carbonyl (C=O) groups excluding carboxylic acids is 2. The average molecular weight is 468 g/mol. The van der Waals surface area contributed by atoms with Crippen LogP contribution < -0.4 is 0 Å². The largest absolute Gasteiger partial charge is 0.461 e. The SMILES string of the molecule is CCOC(=O)c1cc(-c2ccc(CC)cc2)n(-c2ccc(C(=O)N(C)Cc3ccccc3)cc2)n1. The number of hydrogen-bond acceptors (Lipinski definition) is 4. The zero-order chi connectivity index (χ0) is 24.8. The van der Waals surface area contributed by atoms with E-state index in [1.807, 2.05) is 54.6 Å². The molecule has 35 heavy (non-hydrogen) atoms. The highest BCUT2D eigenvalue weighted by Gasteiger charge is 2.18. The third-order valence-corrected chi connectivity index (χ3v) is 5.82. The van der Waals surface area contributed by atoms with Crippen molar-refractivity contribution in [3.05, 3.63) is 107 Å². The summed E-state index contributed by atoms with van der Waals surface area (Å²) < 4.78 is 6.88. The minimum absolute atomic E-state index is 0.0662. The number of ether oxygens (including phenoxy) is 1. The molecule has 0 saturated heterocycles. The molecule has 3 aromatic carbocycles. The molecule has 0 atom stereocenters. The molecule has 0 aliphatic rings. The fourth-order valence-corrected chi connectivity index (χ4v) is 3.89. The van der Waals surface area contributed by atoms with E-state index >= 15 is 0 Å². The van der Waals surface area contributed by atoms with Crippen LogP contribution in [0.2, 0.25) is 0 Å². The quantitative estimate of drug-likeness (QED) is 0.319. The molecular formula is C29H29N3O3. The Morgan fingerprint density at radius 1 is 0.886 bits per heavy atom. The summed E-state index contributed by atoms with van der Waals surface area (Å²) in [6.45, 7) is 4.68. The maximum atomic E-state index is 13.0. The van der Waals surface area contributed by atoms with Gasteiger partial charge in [-0.3, -0.25) is 4.79 Å². The summed E-state index contributed by atoms with van der Waals surface area (Å²) in [5.41, 5.74) is 5.58. The zero-order valence-corrected chi connectivity index (χ0v) is 20.3. The van der Waals surface area contributed by atoms with Crippen LogP contribution in [0.1, 0.15) is 45.8 Å². The van der Waals surface area contributed by atoms with Gasteiger partial charge in [0.05, 0.1) is 18.0 Å². The predicted octanol–water partition coefficient (Wildman–Crippen LogP) is 5.55. The summed E-state index contributed by atoms with van der Waals surface area (Å²) in [7, 11) is 1.79. The Hall–Kier alpha value is -4.19. The van der Waals surface area contributed by atoms with Crippen molar-refractivity contribution in [3.63, 3.8) is 0 Å². The van der Waals surface area contributed by atoms with Gasteiger partial charge < -0.3 is 9.64 Å². The van der Waals surface area contributed by atoms with E-state index in [1.54, 1.807) is 41.8 Å². The van der Waals surface area contributed by atoms with Crippen LogP contribution in [-0.4, -0.2) is 40.2 Å². The Morgan fingerprint density at radius 2 is 1.57 bits per heavy atom. The van der Waals surface area contributed by atoms with Crippen LogP contribution in [0, 0.1) is 0 Å². The second-order valence-corrected chi connectivity index (χ2v) is 8.29. The van der Waals surface area contributed by atoms with Gasteiger partial charge in [-0.2, -0.15) is 5.10 Å². The van der Waals surface area contributed by atoms with Gasteiger partial charge in [-0.25, -0.2) is 9.48 Å². The first-order valence-corrected chi connectivity index (χ1v) is 11.8. The molecule has 6 nitrogen and oxygen atoms in total. The fraction of sp³-hybridized carbons (Fsp3) is 0.207. The second-order valence-electron chi connectivity index (χ2n) is 8.29. The number of hydrogen-bond donors (Lipinski definition) is 0. The van der Waals surface area contributed by atoms with Gasteiger partial charge >= 0.3 is 5.97 Å². The van der Waals surface area contributed by atoms with Crippen LogP contribution in [0.25, 0.3) is 16.9 Å². The normalized spacial score (nSPS) is 10.7. The van der Waals surface area contributed by atoms with E-state index in [9.17, 15) is 9.59 Å². The van der Waals surface area contributed by atoms with E-state index in [0.29, 0.717) is 12.1 Å². The van der Waals surface area contributed by atoms with E-state index in [-0.39, 0.29) is 18.2 Å². The number of aryl methyl sites for hydroxylation is 1. The Morgan fingerprint density at radius 3 is 2.20 bits per heavy atom. The van der Waals surface area contributed by atoms with Crippen molar-refractivity contribution in [1.82, 2.24) is 14.7 Å². The highest BCUT2D eigenvalue weighted by atomic mass is 16.5. The summed E-state index contributed by atoms with van der Waals surface area (Å²) >= 11 is 0. The molecule has 0 aliphatic carbocycles. The Kier molecular flexibility index (Phi) is 7.41. The number of nitrogens with zero attached hydrogens (tertiary/aromatic N) is 3. The molecule has 0 aliphatic heterocycles. The van der Waals surface area contributed by atoms with E-state index < -0.39 is 5.97 Å². The Bertz CT molecular complexity index is 1290. The first-order valence-electron chi connectivity index (χ1n) is 11.8. The molecule has 0 N–H and O–H groups in total. The molecule has 1 amide bonds. The third kappa shape index (κ3) is 5.49. The van der Waals surface area contributed by atoms with Crippen LogP contribution in [-0.2, 0) is 17.7 Å². The smallest absolute Gasteiger partial charge is 0.358 e. The number of rotatable bonds is 8. The molecule has 0 saturated carbocycles. The zero-order valence-electron chi connectivity index (χ0n) is 20.3. The van der Waals surface area contributed by atoms with Crippen LogP contribution in [0.15, 0.2) is 84.9 Å². The maximum absolute atomic E-state index is 13.0. The van der Waals surface area contributed by atoms with Crippen LogP contribution >= 0.6 is 0 Å². The molecule has 0 bridgehead atoms. The molecule has 0 fully saturated rings. The average Bonchev–Trinajstić information content (AvgIpc) is 3.35. The van der Waals surface area contributed by atoms with E-state index in [1.165, 1.54) is 5.56 Å². The standard InChI is InChI=1S/C29H29N3O3/c1-4-21-11-13-23(14-12-21)27-19-26(29(34)35-5-2)30-32(27)25-17-15-24(16-18-25)28(33)31(3)20-22-9-7-6-8-10-22/h6-19H,4-5,20H2,1-3H3. The van der Waals surface area contributed by atoms with Crippen molar-refractivity contribution in [2.24, 2.45) is 0 Å². The molecule has 6 heteroatoms. The number of carbonyl (C=O) groups is 2. The van der Waals surface area contributed by atoms with Crippen LogP contribution in [0.3, 0.4) is 0 Å². The van der Waals surface area contributed by atoms with Gasteiger partial charge in [0, 0.05) is 24.7 Å². The molecule has 1 heterocycles. The third-order valence-electron chi connectivity index (χ3n) is 5.82. The van der Waals surface area contributed by atoms with Gasteiger partial charge in [0.1, 0.15) is 0 Å². The number of aromatic nitrogens is 2.